The van der Waals surface area contributed by atoms with Crippen LogP contribution in [-0.2, 0) is 6.54 Å². The Kier molecular flexibility index (Phi) is 3.42. The van der Waals surface area contributed by atoms with Crippen LogP contribution in [0.15, 0.2) is 47.5 Å². The van der Waals surface area contributed by atoms with Crippen LogP contribution in [0.3, 0.4) is 0 Å². The highest BCUT2D eigenvalue weighted by atomic mass is 16.3. The Labute approximate surface area is 129 Å². The molecule has 0 aliphatic carbocycles. The summed E-state index contributed by atoms with van der Waals surface area (Å²) in [4.78, 5) is 11.4. The van der Waals surface area contributed by atoms with Gasteiger partial charge in [-0.2, -0.15) is 0 Å². The maximum absolute atomic E-state index is 5.67. The van der Waals surface area contributed by atoms with Crippen LogP contribution in [0.4, 0.5) is 0 Å². The van der Waals surface area contributed by atoms with Crippen LogP contribution in [0.25, 0.3) is 5.78 Å². The number of fused-ring (bicyclic) bond motifs is 1. The first-order valence-electron chi connectivity index (χ1n) is 7.85. The Morgan fingerprint density at radius 1 is 1.36 bits per heavy atom. The van der Waals surface area contributed by atoms with Crippen molar-refractivity contribution in [2.75, 3.05) is 6.54 Å². The van der Waals surface area contributed by atoms with E-state index in [-0.39, 0.29) is 0 Å². The summed E-state index contributed by atoms with van der Waals surface area (Å²) < 4.78 is 7.64. The summed E-state index contributed by atoms with van der Waals surface area (Å²) in [6.07, 6.45) is 9.96. The average Bonchev–Trinajstić information content (AvgIpc) is 3.17. The van der Waals surface area contributed by atoms with Gasteiger partial charge in [0, 0.05) is 25.1 Å². The van der Waals surface area contributed by atoms with Gasteiger partial charge in [0.25, 0.3) is 0 Å². The zero-order valence-corrected chi connectivity index (χ0v) is 12.7. The Bertz CT molecular complexity index is 716. The molecule has 0 aromatic carbocycles. The number of hydrogen-bond acceptors (Lipinski definition) is 4. The summed E-state index contributed by atoms with van der Waals surface area (Å²) >= 11 is 0. The minimum atomic E-state index is 0.344. The lowest BCUT2D eigenvalue weighted by Crippen LogP contribution is -2.35. The van der Waals surface area contributed by atoms with E-state index in [0.717, 1.165) is 42.7 Å². The monoisotopic (exact) mass is 296 g/mol. The molecule has 3 aromatic heterocycles. The van der Waals surface area contributed by atoms with Crippen LogP contribution in [0.5, 0.6) is 0 Å². The molecule has 1 saturated heterocycles. The van der Waals surface area contributed by atoms with Gasteiger partial charge in [-0.05, 0) is 43.5 Å². The number of imidazole rings is 1. The Balaban J connectivity index is 1.59. The van der Waals surface area contributed by atoms with Crippen molar-refractivity contribution < 1.29 is 4.42 Å². The van der Waals surface area contributed by atoms with E-state index in [1.807, 2.05) is 22.7 Å². The number of aromatic nitrogens is 3. The lowest BCUT2D eigenvalue weighted by Gasteiger charge is -2.36. The van der Waals surface area contributed by atoms with Crippen LogP contribution in [0.1, 0.15) is 37.3 Å². The summed E-state index contributed by atoms with van der Waals surface area (Å²) in [6, 6.07) is 6.33. The van der Waals surface area contributed by atoms with E-state index in [1.54, 1.807) is 12.5 Å². The summed E-state index contributed by atoms with van der Waals surface area (Å²) in [5.74, 6) is 2.56. The zero-order valence-electron chi connectivity index (χ0n) is 12.7. The summed E-state index contributed by atoms with van der Waals surface area (Å²) in [7, 11) is 0. The highest BCUT2D eigenvalue weighted by molar-refractivity contribution is 5.29. The molecule has 1 aliphatic heterocycles. The first-order chi connectivity index (χ1) is 10.8. The van der Waals surface area contributed by atoms with Crippen LogP contribution >= 0.6 is 0 Å². The Hall–Kier alpha value is -2.14. The van der Waals surface area contributed by atoms with Crippen LogP contribution in [-0.4, -0.2) is 25.8 Å². The number of rotatable bonds is 3. The van der Waals surface area contributed by atoms with Gasteiger partial charge in [-0.3, -0.25) is 9.30 Å². The third-order valence-electron chi connectivity index (χ3n) is 4.50. The molecule has 0 spiro atoms. The smallest absolute Gasteiger partial charge is 0.233 e. The molecule has 0 radical (unpaired) electrons. The van der Waals surface area contributed by atoms with Crippen molar-refractivity contribution in [2.45, 2.75) is 32.4 Å². The fraction of sp³-hybridized carbons (Fsp3) is 0.412. The molecule has 0 N–H and O–H groups in total. The predicted molar refractivity (Wildman–Crippen MR) is 83.2 cm³/mol. The lowest BCUT2D eigenvalue weighted by molar-refractivity contribution is 0.0933. The molecular formula is C17H20N4O. The topological polar surface area (TPSA) is 46.6 Å². The number of piperidine rings is 1. The highest BCUT2D eigenvalue weighted by Crippen LogP contribution is 2.35. The second-order valence-corrected chi connectivity index (χ2v) is 6.19. The van der Waals surface area contributed by atoms with Gasteiger partial charge in [-0.15, -0.1) is 0 Å². The quantitative estimate of drug-likeness (QED) is 0.744. The van der Waals surface area contributed by atoms with E-state index in [1.165, 1.54) is 6.42 Å². The van der Waals surface area contributed by atoms with Crippen LogP contribution in [0, 0.1) is 5.92 Å². The second-order valence-electron chi connectivity index (χ2n) is 6.19. The minimum absolute atomic E-state index is 0.344. The molecule has 5 nitrogen and oxygen atoms in total. The number of nitrogens with zero attached hydrogens (tertiary/aromatic N) is 4. The Morgan fingerprint density at radius 3 is 3.14 bits per heavy atom. The van der Waals surface area contributed by atoms with E-state index < -0.39 is 0 Å². The predicted octanol–water partition coefficient (Wildman–Crippen LogP) is 3.30. The number of hydrogen-bond donors (Lipinski definition) is 0. The molecule has 0 unspecified atom stereocenters. The fourth-order valence-electron chi connectivity index (χ4n) is 3.32. The maximum Gasteiger partial charge on any atom is 0.233 e. The molecule has 0 saturated carbocycles. The zero-order chi connectivity index (χ0) is 14.9. The normalized spacial score (nSPS) is 23.1. The fourth-order valence-corrected chi connectivity index (χ4v) is 3.32. The molecule has 22 heavy (non-hydrogen) atoms. The molecule has 114 valence electrons. The van der Waals surface area contributed by atoms with Crippen molar-refractivity contribution in [3.8, 4) is 0 Å². The van der Waals surface area contributed by atoms with Crippen LogP contribution in [0.2, 0.25) is 0 Å². The number of likely N-dealkylation sites (tertiary alicyclic amines) is 1. The van der Waals surface area contributed by atoms with Crippen molar-refractivity contribution in [2.24, 2.45) is 5.92 Å². The molecule has 1 fully saturated rings. The van der Waals surface area contributed by atoms with Crippen molar-refractivity contribution in [3.63, 3.8) is 0 Å². The molecule has 2 atom stereocenters. The van der Waals surface area contributed by atoms with Gasteiger partial charge in [-0.1, -0.05) is 6.92 Å². The molecule has 1 aliphatic rings. The minimum Gasteiger partial charge on any atom is -0.468 e. The van der Waals surface area contributed by atoms with Gasteiger partial charge in [0.05, 0.1) is 18.0 Å². The second kappa shape index (κ2) is 5.57. The standard InChI is InChI=1S/C17H20N4O/c1-13-5-8-20(15(10-13)16-4-2-9-22-16)11-14-12-21-7-3-6-18-17(21)19-14/h2-4,6-7,9,12-13,15H,5,8,10-11H2,1H3/t13-,15-/m0/s1. The van der Waals surface area contributed by atoms with Gasteiger partial charge < -0.3 is 4.42 Å². The third-order valence-corrected chi connectivity index (χ3v) is 4.50. The molecule has 4 heterocycles. The van der Waals surface area contributed by atoms with Gasteiger partial charge in [0.1, 0.15) is 5.76 Å². The van der Waals surface area contributed by atoms with E-state index in [2.05, 4.69) is 34.1 Å². The summed E-state index contributed by atoms with van der Waals surface area (Å²) in [5.41, 5.74) is 1.06. The van der Waals surface area contributed by atoms with E-state index in [9.17, 15) is 0 Å². The molecule has 3 aromatic rings. The number of furan rings is 1. The third kappa shape index (κ3) is 2.52. The van der Waals surface area contributed by atoms with Gasteiger partial charge in [-0.25, -0.2) is 9.97 Å². The molecule has 0 amide bonds. The highest BCUT2D eigenvalue weighted by Gasteiger charge is 2.29. The van der Waals surface area contributed by atoms with Gasteiger partial charge in [0.15, 0.2) is 0 Å². The molecule has 0 bridgehead atoms. The van der Waals surface area contributed by atoms with Crippen molar-refractivity contribution in [1.29, 1.82) is 0 Å². The first kappa shape index (κ1) is 13.5. The first-order valence-corrected chi connectivity index (χ1v) is 7.85. The maximum atomic E-state index is 5.67. The van der Waals surface area contributed by atoms with E-state index >= 15 is 0 Å². The summed E-state index contributed by atoms with van der Waals surface area (Å²) in [6.45, 7) is 4.23. The Morgan fingerprint density at radius 2 is 2.32 bits per heavy atom. The largest absolute Gasteiger partial charge is 0.468 e. The van der Waals surface area contributed by atoms with Crippen molar-refractivity contribution >= 4 is 5.78 Å². The van der Waals surface area contributed by atoms with Gasteiger partial charge >= 0.3 is 0 Å². The molecular weight excluding hydrogens is 276 g/mol. The summed E-state index contributed by atoms with van der Waals surface area (Å²) in [5, 5.41) is 0. The van der Waals surface area contributed by atoms with Gasteiger partial charge in [0.2, 0.25) is 5.78 Å². The average molecular weight is 296 g/mol. The SMILES string of the molecule is C[C@H]1CCN(Cc2cn3cccnc3n2)[C@H](c2ccco2)C1. The molecule has 5 heteroatoms. The van der Waals surface area contributed by atoms with E-state index in [0.29, 0.717) is 6.04 Å². The lowest BCUT2D eigenvalue weighted by atomic mass is 9.91. The van der Waals surface area contributed by atoms with Crippen molar-refractivity contribution in [3.05, 3.63) is 54.5 Å². The van der Waals surface area contributed by atoms with E-state index in [4.69, 9.17) is 4.42 Å². The molecule has 4 rings (SSSR count). The van der Waals surface area contributed by atoms with Crippen LogP contribution < -0.4 is 0 Å². The van der Waals surface area contributed by atoms with Crippen molar-refractivity contribution in [1.82, 2.24) is 19.3 Å².